The fourth-order valence-corrected chi connectivity index (χ4v) is 4.34. The predicted molar refractivity (Wildman–Crippen MR) is 64.7 cm³/mol. The molecule has 2 aromatic rings. The molecule has 2 aromatic carbocycles. The first kappa shape index (κ1) is 10.1. The fourth-order valence-electron chi connectivity index (χ4n) is 2.07. The van der Waals surface area contributed by atoms with E-state index in [0.29, 0.717) is 15.0 Å². The Bertz CT molecular complexity index is 534. The standard InChI is InChI=1S/C14H11FSe/c15-13-6-3-5-11-9-16-14-7-2-1-4-10(14)8-12(11)13/h1-7H,8-9H2. The van der Waals surface area contributed by atoms with Crippen LogP contribution in [0.25, 0.3) is 0 Å². The monoisotopic (exact) mass is 278 g/mol. The zero-order chi connectivity index (χ0) is 11.0. The number of halogens is 1. The van der Waals surface area contributed by atoms with E-state index in [1.807, 2.05) is 12.1 Å². The Morgan fingerprint density at radius 2 is 1.75 bits per heavy atom. The van der Waals surface area contributed by atoms with Crippen LogP contribution in [0.3, 0.4) is 0 Å². The van der Waals surface area contributed by atoms with Crippen molar-refractivity contribution in [2.24, 2.45) is 0 Å². The minimum atomic E-state index is -0.0509. The molecule has 0 spiro atoms. The summed E-state index contributed by atoms with van der Waals surface area (Å²) in [5.41, 5.74) is 3.39. The summed E-state index contributed by atoms with van der Waals surface area (Å²) in [6, 6.07) is 13.9. The van der Waals surface area contributed by atoms with Gasteiger partial charge in [-0.2, -0.15) is 0 Å². The Balaban J connectivity index is 2.13. The van der Waals surface area contributed by atoms with Crippen LogP contribution in [0, 0.1) is 5.82 Å². The van der Waals surface area contributed by atoms with Gasteiger partial charge in [0.25, 0.3) is 0 Å². The van der Waals surface area contributed by atoms with Crippen LogP contribution in [0.4, 0.5) is 4.39 Å². The van der Waals surface area contributed by atoms with Gasteiger partial charge in [0.05, 0.1) is 0 Å². The predicted octanol–water partition coefficient (Wildman–Crippen LogP) is 2.26. The molecule has 16 heavy (non-hydrogen) atoms. The van der Waals surface area contributed by atoms with Crippen LogP contribution in [0.5, 0.6) is 0 Å². The summed E-state index contributed by atoms with van der Waals surface area (Å²) in [4.78, 5) is 0. The summed E-state index contributed by atoms with van der Waals surface area (Å²) in [5, 5.41) is 1.01. The topological polar surface area (TPSA) is 0 Å². The Morgan fingerprint density at radius 1 is 0.938 bits per heavy atom. The Labute approximate surface area is 101 Å². The Morgan fingerprint density at radius 3 is 2.69 bits per heavy atom. The first-order valence-electron chi connectivity index (χ1n) is 5.31. The molecule has 0 N–H and O–H groups in total. The zero-order valence-corrected chi connectivity index (χ0v) is 10.5. The molecule has 1 aliphatic rings. The van der Waals surface area contributed by atoms with Crippen molar-refractivity contribution in [2.75, 3.05) is 0 Å². The van der Waals surface area contributed by atoms with Crippen molar-refractivity contribution in [3.8, 4) is 0 Å². The van der Waals surface area contributed by atoms with E-state index in [9.17, 15) is 4.39 Å². The van der Waals surface area contributed by atoms with Crippen LogP contribution in [0.1, 0.15) is 16.7 Å². The third-order valence-electron chi connectivity index (χ3n) is 2.94. The van der Waals surface area contributed by atoms with Gasteiger partial charge in [-0.05, 0) is 0 Å². The van der Waals surface area contributed by atoms with Gasteiger partial charge in [0, 0.05) is 0 Å². The molecule has 0 unspecified atom stereocenters. The van der Waals surface area contributed by atoms with Gasteiger partial charge in [-0.3, -0.25) is 0 Å². The van der Waals surface area contributed by atoms with Crippen molar-refractivity contribution in [2.45, 2.75) is 11.7 Å². The third kappa shape index (κ3) is 1.68. The number of rotatable bonds is 0. The van der Waals surface area contributed by atoms with Gasteiger partial charge >= 0.3 is 101 Å². The van der Waals surface area contributed by atoms with Crippen molar-refractivity contribution in [3.05, 3.63) is 65.0 Å². The van der Waals surface area contributed by atoms with Gasteiger partial charge in [-0.1, -0.05) is 0 Å². The van der Waals surface area contributed by atoms with Crippen LogP contribution < -0.4 is 4.46 Å². The van der Waals surface area contributed by atoms with E-state index in [4.69, 9.17) is 0 Å². The van der Waals surface area contributed by atoms with Crippen LogP contribution >= 0.6 is 0 Å². The van der Waals surface area contributed by atoms with Gasteiger partial charge < -0.3 is 0 Å². The van der Waals surface area contributed by atoms with Gasteiger partial charge in [-0.15, -0.1) is 0 Å². The molecule has 0 saturated heterocycles. The number of hydrogen-bond donors (Lipinski definition) is 0. The van der Waals surface area contributed by atoms with E-state index in [1.165, 1.54) is 15.6 Å². The third-order valence-corrected chi connectivity index (χ3v) is 5.38. The van der Waals surface area contributed by atoms with Crippen LogP contribution in [0.15, 0.2) is 42.5 Å². The number of hydrogen-bond acceptors (Lipinski definition) is 0. The van der Waals surface area contributed by atoms with Crippen LogP contribution in [-0.4, -0.2) is 15.0 Å². The second-order valence-corrected chi connectivity index (χ2v) is 6.08. The van der Waals surface area contributed by atoms with Crippen molar-refractivity contribution >= 4 is 19.4 Å². The molecule has 2 heteroatoms. The molecule has 0 radical (unpaired) electrons. The Kier molecular flexibility index (Phi) is 2.54. The minimum absolute atomic E-state index is 0.0509. The maximum atomic E-state index is 13.8. The van der Waals surface area contributed by atoms with E-state index in [0.717, 1.165) is 17.3 Å². The summed E-state index contributed by atoms with van der Waals surface area (Å²) in [5.74, 6) is -0.0509. The van der Waals surface area contributed by atoms with Crippen LogP contribution in [0.2, 0.25) is 0 Å². The first-order valence-corrected chi connectivity index (χ1v) is 7.38. The first-order chi connectivity index (χ1) is 7.84. The molecule has 1 aliphatic heterocycles. The molecular weight excluding hydrogens is 266 g/mol. The average Bonchev–Trinajstić information content (AvgIpc) is 2.50. The molecule has 0 saturated carbocycles. The zero-order valence-electron chi connectivity index (χ0n) is 8.74. The molecule has 0 bridgehead atoms. The molecule has 3 rings (SSSR count). The SMILES string of the molecule is Fc1cccc2c1Cc1ccccc1[Se]C2. The van der Waals surface area contributed by atoms with Crippen molar-refractivity contribution in [1.29, 1.82) is 0 Å². The molecule has 1 heterocycles. The van der Waals surface area contributed by atoms with Gasteiger partial charge in [-0.25, -0.2) is 0 Å². The van der Waals surface area contributed by atoms with Gasteiger partial charge in [0.15, 0.2) is 0 Å². The van der Waals surface area contributed by atoms with Crippen molar-refractivity contribution in [1.82, 2.24) is 0 Å². The summed E-state index contributed by atoms with van der Waals surface area (Å²) in [7, 11) is 0. The molecular formula is C14H11FSe. The summed E-state index contributed by atoms with van der Waals surface area (Å²) in [6.45, 7) is 0. The molecule has 0 fully saturated rings. The fraction of sp³-hybridized carbons (Fsp3) is 0.143. The van der Waals surface area contributed by atoms with Gasteiger partial charge in [0.2, 0.25) is 0 Å². The normalized spacial score (nSPS) is 13.8. The van der Waals surface area contributed by atoms with Crippen molar-refractivity contribution < 1.29 is 4.39 Å². The molecule has 0 amide bonds. The van der Waals surface area contributed by atoms with Gasteiger partial charge in [0.1, 0.15) is 0 Å². The van der Waals surface area contributed by atoms with Crippen molar-refractivity contribution in [3.63, 3.8) is 0 Å². The second kappa shape index (κ2) is 4.04. The number of benzene rings is 2. The summed E-state index contributed by atoms with van der Waals surface area (Å²) in [6.07, 6.45) is 0.750. The molecule has 0 nitrogen and oxygen atoms in total. The average molecular weight is 277 g/mol. The summed E-state index contributed by atoms with van der Waals surface area (Å²) < 4.78 is 15.2. The van der Waals surface area contributed by atoms with E-state index < -0.39 is 0 Å². The van der Waals surface area contributed by atoms with E-state index in [2.05, 4.69) is 24.3 Å². The van der Waals surface area contributed by atoms with E-state index in [-0.39, 0.29) is 5.82 Å². The second-order valence-electron chi connectivity index (χ2n) is 3.95. The molecule has 80 valence electrons. The van der Waals surface area contributed by atoms with E-state index in [1.54, 1.807) is 6.07 Å². The molecule has 0 aromatic heterocycles. The van der Waals surface area contributed by atoms with E-state index >= 15 is 0 Å². The summed E-state index contributed by atoms with van der Waals surface area (Å²) >= 11 is 0.440. The Hall–Kier alpha value is -1.11. The molecule has 0 atom stereocenters. The number of fused-ring (bicyclic) bond motifs is 2. The maximum absolute atomic E-state index is 13.8. The van der Waals surface area contributed by atoms with Crippen LogP contribution in [-0.2, 0) is 11.7 Å². The quantitative estimate of drug-likeness (QED) is 0.648. The molecule has 0 aliphatic carbocycles.